The highest BCUT2D eigenvalue weighted by molar-refractivity contribution is 5.66. The van der Waals surface area contributed by atoms with Gasteiger partial charge in [-0.15, -0.1) is 0 Å². The molecule has 0 spiro atoms. The molecule has 0 amide bonds. The molecule has 0 aromatic carbocycles. The summed E-state index contributed by atoms with van der Waals surface area (Å²) in [6.07, 6.45) is -2.91. The first kappa shape index (κ1) is 16.4. The molecule has 1 rings (SSSR count). The van der Waals surface area contributed by atoms with Crippen molar-refractivity contribution in [3.63, 3.8) is 0 Å². The van der Waals surface area contributed by atoms with Gasteiger partial charge in [0.1, 0.15) is 12.2 Å². The van der Waals surface area contributed by atoms with Crippen molar-refractivity contribution in [1.29, 1.82) is 0 Å². The third-order valence-corrected chi connectivity index (χ3v) is 3.54. The summed E-state index contributed by atoms with van der Waals surface area (Å²) in [4.78, 5) is 11.1. The second kappa shape index (κ2) is 6.17. The van der Waals surface area contributed by atoms with Crippen molar-refractivity contribution in [3.8, 4) is 0 Å². The van der Waals surface area contributed by atoms with Crippen LogP contribution in [0, 0.1) is 5.92 Å². The summed E-state index contributed by atoms with van der Waals surface area (Å²) in [6, 6.07) is 0. The maximum Gasteiger partial charge on any atom is 0.302 e. The van der Waals surface area contributed by atoms with E-state index in [4.69, 9.17) is 9.47 Å². The van der Waals surface area contributed by atoms with Crippen molar-refractivity contribution in [3.05, 3.63) is 0 Å². The largest absolute Gasteiger partial charge is 0.462 e. The Morgan fingerprint density at radius 2 is 2.11 bits per heavy atom. The fourth-order valence-corrected chi connectivity index (χ4v) is 2.42. The van der Waals surface area contributed by atoms with E-state index in [1.807, 2.05) is 0 Å². The standard InChI is InChI=1S/C13H24O6/c1-5-9(15)11(16)12-7(2)10(18-8(3)14)6-13(4,17)19-12/h7,9-12,15-17H,5-6H2,1-4H3/t7?,9-,10-,11-,12?,13+/m1/s1. The number of hydrogen-bond acceptors (Lipinski definition) is 6. The minimum Gasteiger partial charge on any atom is -0.462 e. The molecule has 1 aliphatic rings. The van der Waals surface area contributed by atoms with Crippen LogP contribution in [-0.2, 0) is 14.3 Å². The summed E-state index contributed by atoms with van der Waals surface area (Å²) in [5, 5.41) is 29.8. The normalized spacial score (nSPS) is 38.6. The smallest absolute Gasteiger partial charge is 0.302 e. The Morgan fingerprint density at radius 3 is 2.58 bits per heavy atom. The molecule has 0 aromatic rings. The van der Waals surface area contributed by atoms with Gasteiger partial charge in [0.2, 0.25) is 0 Å². The molecule has 0 aliphatic carbocycles. The van der Waals surface area contributed by atoms with Gasteiger partial charge in [0.05, 0.1) is 12.2 Å². The second-order valence-electron chi connectivity index (χ2n) is 5.43. The lowest BCUT2D eigenvalue weighted by Crippen LogP contribution is -2.56. The number of carbonyl (C=O) groups excluding carboxylic acids is 1. The van der Waals surface area contributed by atoms with Crippen LogP contribution < -0.4 is 0 Å². The Bertz CT molecular complexity index is 316. The number of ether oxygens (including phenoxy) is 2. The molecular formula is C13H24O6. The fraction of sp³-hybridized carbons (Fsp3) is 0.923. The van der Waals surface area contributed by atoms with Crippen LogP contribution in [0.3, 0.4) is 0 Å². The highest BCUT2D eigenvalue weighted by atomic mass is 16.6. The summed E-state index contributed by atoms with van der Waals surface area (Å²) in [5.74, 6) is -2.26. The molecule has 0 radical (unpaired) electrons. The van der Waals surface area contributed by atoms with Crippen molar-refractivity contribution in [1.82, 2.24) is 0 Å². The molecule has 1 heterocycles. The van der Waals surface area contributed by atoms with Gasteiger partial charge in [-0.3, -0.25) is 4.79 Å². The molecule has 6 nitrogen and oxygen atoms in total. The number of aliphatic hydroxyl groups excluding tert-OH is 2. The molecule has 1 aliphatic heterocycles. The van der Waals surface area contributed by atoms with Crippen LogP contribution in [0.25, 0.3) is 0 Å². The van der Waals surface area contributed by atoms with E-state index in [0.717, 1.165) is 0 Å². The molecular weight excluding hydrogens is 252 g/mol. The lowest BCUT2D eigenvalue weighted by Gasteiger charge is -2.45. The molecule has 0 saturated carbocycles. The summed E-state index contributed by atoms with van der Waals surface area (Å²) in [6.45, 7) is 6.25. The monoisotopic (exact) mass is 276 g/mol. The lowest BCUT2D eigenvalue weighted by molar-refractivity contribution is -0.301. The molecule has 1 saturated heterocycles. The Hall–Kier alpha value is -0.690. The van der Waals surface area contributed by atoms with E-state index in [-0.39, 0.29) is 12.3 Å². The average Bonchev–Trinajstić information content (AvgIpc) is 2.30. The highest BCUT2D eigenvalue weighted by Crippen LogP contribution is 2.35. The number of esters is 1. The molecule has 2 unspecified atom stereocenters. The Balaban J connectivity index is 2.87. The van der Waals surface area contributed by atoms with E-state index in [0.29, 0.717) is 6.42 Å². The quantitative estimate of drug-likeness (QED) is 0.634. The summed E-state index contributed by atoms with van der Waals surface area (Å²) < 4.78 is 10.6. The molecule has 6 heteroatoms. The molecule has 0 aromatic heterocycles. The van der Waals surface area contributed by atoms with Gasteiger partial charge in [-0.1, -0.05) is 13.8 Å². The zero-order chi connectivity index (χ0) is 14.8. The van der Waals surface area contributed by atoms with Crippen LogP contribution >= 0.6 is 0 Å². The van der Waals surface area contributed by atoms with E-state index in [1.54, 1.807) is 13.8 Å². The van der Waals surface area contributed by atoms with Crippen LogP contribution in [-0.4, -0.2) is 51.5 Å². The lowest BCUT2D eigenvalue weighted by atomic mass is 9.84. The van der Waals surface area contributed by atoms with E-state index in [2.05, 4.69) is 0 Å². The maximum absolute atomic E-state index is 11.1. The van der Waals surface area contributed by atoms with E-state index in [1.165, 1.54) is 13.8 Å². The molecule has 19 heavy (non-hydrogen) atoms. The molecule has 112 valence electrons. The predicted molar refractivity (Wildman–Crippen MR) is 67.1 cm³/mol. The van der Waals surface area contributed by atoms with Crippen molar-refractivity contribution in [2.45, 2.75) is 70.7 Å². The van der Waals surface area contributed by atoms with Gasteiger partial charge in [-0.2, -0.15) is 0 Å². The summed E-state index contributed by atoms with van der Waals surface area (Å²) >= 11 is 0. The first-order valence-electron chi connectivity index (χ1n) is 6.61. The fourth-order valence-electron chi connectivity index (χ4n) is 2.42. The van der Waals surface area contributed by atoms with Gasteiger partial charge < -0.3 is 24.8 Å². The van der Waals surface area contributed by atoms with Crippen molar-refractivity contribution in [2.75, 3.05) is 0 Å². The zero-order valence-corrected chi connectivity index (χ0v) is 11.9. The Labute approximate surface area is 113 Å². The third kappa shape index (κ3) is 4.14. The van der Waals surface area contributed by atoms with Crippen LogP contribution in [0.5, 0.6) is 0 Å². The SMILES string of the molecule is CC[C@@H](O)[C@@H](O)C1O[C@](C)(O)C[C@@H](OC(C)=O)C1C. The van der Waals surface area contributed by atoms with Crippen molar-refractivity contribution >= 4 is 5.97 Å². The first-order chi connectivity index (χ1) is 8.68. The minimum absolute atomic E-state index is 0.138. The summed E-state index contributed by atoms with van der Waals surface area (Å²) in [5.41, 5.74) is 0. The molecule has 6 atom stereocenters. The molecule has 0 bridgehead atoms. The van der Waals surface area contributed by atoms with Crippen molar-refractivity contribution < 1.29 is 29.6 Å². The average molecular weight is 276 g/mol. The number of aliphatic hydroxyl groups is 3. The Kier molecular flexibility index (Phi) is 5.32. The van der Waals surface area contributed by atoms with Crippen LogP contribution in [0.15, 0.2) is 0 Å². The van der Waals surface area contributed by atoms with E-state index in [9.17, 15) is 20.1 Å². The van der Waals surface area contributed by atoms with Gasteiger partial charge in [-0.05, 0) is 13.3 Å². The predicted octanol–water partition coefficient (Wildman–Crippen LogP) is 0.183. The number of rotatable bonds is 4. The van der Waals surface area contributed by atoms with Gasteiger partial charge in [0.15, 0.2) is 5.79 Å². The maximum atomic E-state index is 11.1. The van der Waals surface area contributed by atoms with Crippen LogP contribution in [0.1, 0.15) is 40.5 Å². The Morgan fingerprint density at radius 1 is 1.53 bits per heavy atom. The van der Waals surface area contributed by atoms with Crippen LogP contribution in [0.4, 0.5) is 0 Å². The number of carbonyl (C=O) groups is 1. The van der Waals surface area contributed by atoms with Gasteiger partial charge in [0.25, 0.3) is 0 Å². The van der Waals surface area contributed by atoms with Gasteiger partial charge in [-0.25, -0.2) is 0 Å². The zero-order valence-electron chi connectivity index (χ0n) is 11.9. The number of hydrogen-bond donors (Lipinski definition) is 3. The highest BCUT2D eigenvalue weighted by Gasteiger charge is 2.47. The van der Waals surface area contributed by atoms with Crippen molar-refractivity contribution in [2.24, 2.45) is 5.92 Å². The second-order valence-corrected chi connectivity index (χ2v) is 5.43. The molecule has 1 fully saturated rings. The van der Waals surface area contributed by atoms with Gasteiger partial charge in [0, 0.05) is 19.3 Å². The minimum atomic E-state index is -1.49. The van der Waals surface area contributed by atoms with Crippen LogP contribution in [0.2, 0.25) is 0 Å². The summed E-state index contributed by atoms with van der Waals surface area (Å²) in [7, 11) is 0. The first-order valence-corrected chi connectivity index (χ1v) is 6.61. The van der Waals surface area contributed by atoms with E-state index >= 15 is 0 Å². The van der Waals surface area contributed by atoms with Gasteiger partial charge >= 0.3 is 5.97 Å². The molecule has 3 N–H and O–H groups in total. The topological polar surface area (TPSA) is 96.2 Å². The van der Waals surface area contributed by atoms with E-state index < -0.39 is 36.2 Å². The third-order valence-electron chi connectivity index (χ3n) is 3.54.